The Kier molecular flexibility index (Phi) is 2.94. The van der Waals surface area contributed by atoms with Crippen LogP contribution in [-0.4, -0.2) is 37.7 Å². The van der Waals surface area contributed by atoms with Gasteiger partial charge < -0.3 is 9.42 Å². The smallest absolute Gasteiger partial charge is 0.249 e. The van der Waals surface area contributed by atoms with Gasteiger partial charge in [-0.25, -0.2) is 0 Å². The molecule has 3 rings (SSSR count). The lowest BCUT2D eigenvalue weighted by Gasteiger charge is -2.20. The highest BCUT2D eigenvalue weighted by atomic mass is 16.5. The summed E-state index contributed by atoms with van der Waals surface area (Å²) < 4.78 is 5.22. The van der Waals surface area contributed by atoms with Crippen LogP contribution in [0.15, 0.2) is 22.9 Å². The average molecular weight is 259 g/mol. The van der Waals surface area contributed by atoms with Gasteiger partial charge in [0.1, 0.15) is 11.7 Å². The van der Waals surface area contributed by atoms with Gasteiger partial charge in [0.2, 0.25) is 17.6 Å². The number of aromatic nitrogens is 4. The van der Waals surface area contributed by atoms with Crippen molar-refractivity contribution in [3.63, 3.8) is 0 Å². The Morgan fingerprint density at radius 2 is 2.37 bits per heavy atom. The van der Waals surface area contributed by atoms with Crippen molar-refractivity contribution >= 4 is 5.91 Å². The highest BCUT2D eigenvalue weighted by molar-refractivity contribution is 5.78. The molecular formula is C12H13N5O2. The number of hydrogen-bond acceptors (Lipinski definition) is 6. The van der Waals surface area contributed by atoms with Gasteiger partial charge in [-0.3, -0.25) is 4.79 Å². The van der Waals surface area contributed by atoms with E-state index in [1.54, 1.807) is 23.2 Å². The van der Waals surface area contributed by atoms with Gasteiger partial charge in [0.05, 0.1) is 0 Å². The van der Waals surface area contributed by atoms with Gasteiger partial charge >= 0.3 is 0 Å². The van der Waals surface area contributed by atoms with Crippen LogP contribution in [0.5, 0.6) is 0 Å². The first-order valence-corrected chi connectivity index (χ1v) is 6.17. The molecule has 2 aromatic heterocycles. The van der Waals surface area contributed by atoms with E-state index < -0.39 is 0 Å². The quantitative estimate of drug-likeness (QED) is 0.823. The van der Waals surface area contributed by atoms with E-state index in [1.165, 1.54) is 0 Å². The SMILES string of the molecule is C[C@@H](c1nc(-c2cccnn2)no1)N1CCCC1=O. The first kappa shape index (κ1) is 11.8. The Labute approximate surface area is 109 Å². The van der Waals surface area contributed by atoms with Crippen molar-refractivity contribution in [3.05, 3.63) is 24.2 Å². The monoisotopic (exact) mass is 259 g/mol. The zero-order valence-electron chi connectivity index (χ0n) is 10.5. The minimum absolute atomic E-state index is 0.131. The second-order valence-electron chi connectivity index (χ2n) is 4.43. The third-order valence-electron chi connectivity index (χ3n) is 3.18. The van der Waals surface area contributed by atoms with Gasteiger partial charge in [0, 0.05) is 19.2 Å². The molecule has 0 saturated carbocycles. The van der Waals surface area contributed by atoms with E-state index in [1.807, 2.05) is 6.92 Å². The first-order chi connectivity index (χ1) is 9.25. The third-order valence-corrected chi connectivity index (χ3v) is 3.18. The lowest BCUT2D eigenvalue weighted by atomic mass is 10.3. The zero-order chi connectivity index (χ0) is 13.2. The van der Waals surface area contributed by atoms with Crippen LogP contribution in [0.25, 0.3) is 11.5 Å². The normalized spacial score (nSPS) is 16.9. The molecular weight excluding hydrogens is 246 g/mol. The maximum absolute atomic E-state index is 11.7. The lowest BCUT2D eigenvalue weighted by Crippen LogP contribution is -2.28. The summed E-state index contributed by atoms with van der Waals surface area (Å²) in [5.74, 6) is 0.948. The maximum Gasteiger partial charge on any atom is 0.249 e. The Morgan fingerprint density at radius 1 is 1.47 bits per heavy atom. The van der Waals surface area contributed by atoms with E-state index in [-0.39, 0.29) is 11.9 Å². The molecule has 0 N–H and O–H groups in total. The van der Waals surface area contributed by atoms with Crippen molar-refractivity contribution in [2.45, 2.75) is 25.8 Å². The second-order valence-corrected chi connectivity index (χ2v) is 4.43. The Balaban J connectivity index is 1.83. The van der Waals surface area contributed by atoms with Crippen molar-refractivity contribution in [2.24, 2.45) is 0 Å². The molecule has 19 heavy (non-hydrogen) atoms. The first-order valence-electron chi connectivity index (χ1n) is 6.17. The van der Waals surface area contributed by atoms with E-state index in [2.05, 4.69) is 20.3 Å². The van der Waals surface area contributed by atoms with Crippen LogP contribution >= 0.6 is 0 Å². The molecule has 98 valence electrons. The summed E-state index contributed by atoms with van der Waals surface area (Å²) in [4.78, 5) is 17.7. The van der Waals surface area contributed by atoms with Crippen molar-refractivity contribution in [1.82, 2.24) is 25.2 Å². The Bertz CT molecular complexity index is 583. The molecule has 1 aliphatic rings. The molecule has 0 aliphatic carbocycles. The summed E-state index contributed by atoms with van der Waals surface area (Å²) in [7, 11) is 0. The number of rotatable bonds is 3. The molecule has 1 saturated heterocycles. The third kappa shape index (κ3) is 2.18. The molecule has 7 heteroatoms. The number of nitrogens with zero attached hydrogens (tertiary/aromatic N) is 5. The highest BCUT2D eigenvalue weighted by Crippen LogP contribution is 2.25. The number of hydrogen-bond donors (Lipinski definition) is 0. The van der Waals surface area contributed by atoms with Gasteiger partial charge in [-0.15, -0.1) is 5.10 Å². The molecule has 0 bridgehead atoms. The van der Waals surface area contributed by atoms with Crippen LogP contribution in [0.2, 0.25) is 0 Å². The molecule has 1 fully saturated rings. The van der Waals surface area contributed by atoms with Gasteiger partial charge in [0.15, 0.2) is 0 Å². The molecule has 1 atom stereocenters. The van der Waals surface area contributed by atoms with Crippen LogP contribution in [-0.2, 0) is 4.79 Å². The van der Waals surface area contributed by atoms with Crippen LogP contribution in [0.3, 0.4) is 0 Å². The van der Waals surface area contributed by atoms with Crippen LogP contribution in [0.4, 0.5) is 0 Å². The summed E-state index contributed by atoms with van der Waals surface area (Å²) in [6.45, 7) is 2.63. The molecule has 7 nitrogen and oxygen atoms in total. The number of carbonyl (C=O) groups excluding carboxylic acids is 1. The summed E-state index contributed by atoms with van der Waals surface area (Å²) in [6, 6.07) is 3.31. The molecule has 2 aromatic rings. The number of likely N-dealkylation sites (tertiary alicyclic amines) is 1. The largest absolute Gasteiger partial charge is 0.337 e. The fourth-order valence-corrected chi connectivity index (χ4v) is 2.14. The van der Waals surface area contributed by atoms with E-state index in [9.17, 15) is 4.79 Å². The van der Waals surface area contributed by atoms with Crippen LogP contribution in [0.1, 0.15) is 31.7 Å². The Hall–Kier alpha value is -2.31. The van der Waals surface area contributed by atoms with Crippen LogP contribution in [0, 0.1) is 0 Å². The Morgan fingerprint density at radius 3 is 3.05 bits per heavy atom. The molecule has 0 unspecified atom stereocenters. The van der Waals surface area contributed by atoms with Crippen molar-refractivity contribution in [3.8, 4) is 11.5 Å². The molecule has 3 heterocycles. The van der Waals surface area contributed by atoms with E-state index in [0.717, 1.165) is 13.0 Å². The summed E-state index contributed by atoms with van der Waals surface area (Å²) in [6.07, 6.45) is 3.06. The van der Waals surface area contributed by atoms with E-state index in [0.29, 0.717) is 23.8 Å². The molecule has 1 amide bonds. The predicted molar refractivity (Wildman–Crippen MR) is 64.7 cm³/mol. The minimum Gasteiger partial charge on any atom is -0.337 e. The second kappa shape index (κ2) is 4.75. The van der Waals surface area contributed by atoms with Crippen LogP contribution < -0.4 is 0 Å². The van der Waals surface area contributed by atoms with E-state index >= 15 is 0 Å². The van der Waals surface area contributed by atoms with Gasteiger partial charge in [0.25, 0.3) is 0 Å². The summed E-state index contributed by atoms with van der Waals surface area (Å²) >= 11 is 0. The standard InChI is InChI=1S/C12H13N5O2/c1-8(17-7-3-5-10(17)18)12-14-11(16-19-12)9-4-2-6-13-15-9/h2,4,6,8H,3,5,7H2,1H3/t8-/m0/s1. The minimum atomic E-state index is -0.201. The average Bonchev–Trinajstić information content (AvgIpc) is 3.08. The number of amides is 1. The van der Waals surface area contributed by atoms with Gasteiger partial charge in [-0.2, -0.15) is 10.1 Å². The molecule has 0 aromatic carbocycles. The van der Waals surface area contributed by atoms with Crippen molar-refractivity contribution in [2.75, 3.05) is 6.54 Å². The highest BCUT2D eigenvalue weighted by Gasteiger charge is 2.29. The summed E-state index contributed by atoms with van der Waals surface area (Å²) in [5.41, 5.74) is 0.553. The zero-order valence-corrected chi connectivity index (χ0v) is 10.5. The molecule has 0 radical (unpaired) electrons. The fourth-order valence-electron chi connectivity index (χ4n) is 2.14. The lowest BCUT2D eigenvalue weighted by molar-refractivity contribution is -0.129. The molecule has 0 spiro atoms. The number of carbonyl (C=O) groups is 1. The van der Waals surface area contributed by atoms with Crippen molar-refractivity contribution < 1.29 is 9.32 Å². The maximum atomic E-state index is 11.7. The van der Waals surface area contributed by atoms with Gasteiger partial charge in [-0.1, -0.05) is 5.16 Å². The molecule has 1 aliphatic heterocycles. The topological polar surface area (TPSA) is 85.0 Å². The summed E-state index contributed by atoms with van der Waals surface area (Å²) in [5, 5.41) is 11.6. The van der Waals surface area contributed by atoms with Gasteiger partial charge in [-0.05, 0) is 25.5 Å². The fraction of sp³-hybridized carbons (Fsp3) is 0.417. The predicted octanol–water partition coefficient (Wildman–Crippen LogP) is 1.21. The van der Waals surface area contributed by atoms with E-state index in [4.69, 9.17) is 4.52 Å². The van der Waals surface area contributed by atoms with Crippen molar-refractivity contribution in [1.29, 1.82) is 0 Å².